The zero-order valence-corrected chi connectivity index (χ0v) is 11.6. The zero-order valence-electron chi connectivity index (χ0n) is 10.8. The second-order valence-electron chi connectivity index (χ2n) is 5.37. The van der Waals surface area contributed by atoms with Crippen molar-refractivity contribution >= 4 is 18.3 Å². The van der Waals surface area contributed by atoms with Crippen LogP contribution in [0.5, 0.6) is 0 Å². The molecule has 0 saturated heterocycles. The summed E-state index contributed by atoms with van der Waals surface area (Å²) < 4.78 is 0. The van der Waals surface area contributed by atoms with Gasteiger partial charge in [0.1, 0.15) is 0 Å². The average molecular weight is 261 g/mol. The Hall–Kier alpha value is -0.280. The van der Waals surface area contributed by atoms with Crippen LogP contribution in [0.15, 0.2) is 0 Å². The van der Waals surface area contributed by atoms with Crippen LogP contribution in [0.3, 0.4) is 0 Å². The van der Waals surface area contributed by atoms with Crippen LogP contribution >= 0.6 is 12.4 Å². The van der Waals surface area contributed by atoms with Gasteiger partial charge in [-0.15, -0.1) is 12.4 Å². The normalized spacial score (nSPS) is 24.4. The van der Waals surface area contributed by atoms with Crippen LogP contribution in [0.1, 0.15) is 45.4 Å². The number of nitrogens with one attached hydrogen (secondary N) is 2. The van der Waals surface area contributed by atoms with Crippen molar-refractivity contribution in [2.45, 2.75) is 45.4 Å². The molecule has 100 valence electrons. The SMILES string of the molecule is CCCNCCNC(=O)C1CC12CCCC2.Cl. The standard InChI is InChI=1S/C13H24N2O.ClH/c1-2-7-14-8-9-15-12(16)11-10-13(11)5-3-4-6-13;/h11,14H,2-10H2,1H3,(H,15,16);1H. The molecule has 2 rings (SSSR count). The molecule has 2 N–H and O–H groups in total. The molecule has 1 spiro atoms. The predicted octanol–water partition coefficient (Wildman–Crippen LogP) is 2.10. The monoisotopic (exact) mass is 260 g/mol. The number of halogens is 1. The van der Waals surface area contributed by atoms with E-state index in [1.54, 1.807) is 0 Å². The average Bonchev–Trinajstić information content (AvgIpc) is 2.77. The minimum Gasteiger partial charge on any atom is -0.355 e. The summed E-state index contributed by atoms with van der Waals surface area (Å²) in [6, 6.07) is 0. The van der Waals surface area contributed by atoms with Crippen molar-refractivity contribution in [3.8, 4) is 0 Å². The summed E-state index contributed by atoms with van der Waals surface area (Å²) in [6.07, 6.45) is 7.56. The number of carbonyl (C=O) groups excluding carboxylic acids is 1. The number of hydrogen-bond acceptors (Lipinski definition) is 2. The molecule has 1 amide bonds. The highest BCUT2D eigenvalue weighted by molar-refractivity contribution is 5.85. The molecule has 0 aromatic heterocycles. The van der Waals surface area contributed by atoms with Gasteiger partial charge in [-0.2, -0.15) is 0 Å². The highest BCUT2D eigenvalue weighted by atomic mass is 35.5. The smallest absolute Gasteiger partial charge is 0.223 e. The van der Waals surface area contributed by atoms with E-state index in [0.29, 0.717) is 17.2 Å². The second kappa shape index (κ2) is 6.60. The molecule has 2 aliphatic rings. The van der Waals surface area contributed by atoms with E-state index in [1.165, 1.54) is 25.7 Å². The Morgan fingerprint density at radius 1 is 1.24 bits per heavy atom. The lowest BCUT2D eigenvalue weighted by Gasteiger charge is -2.09. The van der Waals surface area contributed by atoms with Gasteiger partial charge in [-0.05, 0) is 37.6 Å². The Morgan fingerprint density at radius 2 is 1.94 bits per heavy atom. The summed E-state index contributed by atoms with van der Waals surface area (Å²) in [4.78, 5) is 11.9. The van der Waals surface area contributed by atoms with Crippen LogP contribution in [0, 0.1) is 11.3 Å². The Kier molecular flexibility index (Phi) is 5.74. The Labute approximate surface area is 111 Å². The molecule has 1 unspecified atom stereocenters. The first kappa shape index (κ1) is 14.8. The van der Waals surface area contributed by atoms with Gasteiger partial charge in [0.15, 0.2) is 0 Å². The first-order valence-electron chi connectivity index (χ1n) is 6.77. The van der Waals surface area contributed by atoms with E-state index in [9.17, 15) is 4.79 Å². The van der Waals surface area contributed by atoms with Gasteiger partial charge in [-0.25, -0.2) is 0 Å². The molecular weight excluding hydrogens is 236 g/mol. The van der Waals surface area contributed by atoms with E-state index in [0.717, 1.165) is 32.5 Å². The summed E-state index contributed by atoms with van der Waals surface area (Å²) in [5, 5.41) is 6.35. The van der Waals surface area contributed by atoms with Crippen molar-refractivity contribution in [1.29, 1.82) is 0 Å². The third-order valence-electron chi connectivity index (χ3n) is 4.13. The van der Waals surface area contributed by atoms with Crippen LogP contribution < -0.4 is 10.6 Å². The molecule has 0 aromatic rings. The van der Waals surface area contributed by atoms with Crippen LogP contribution in [0.4, 0.5) is 0 Å². The predicted molar refractivity (Wildman–Crippen MR) is 72.4 cm³/mol. The number of amides is 1. The lowest BCUT2D eigenvalue weighted by atomic mass is 10.0. The quantitative estimate of drug-likeness (QED) is 0.719. The van der Waals surface area contributed by atoms with Crippen molar-refractivity contribution in [2.75, 3.05) is 19.6 Å². The van der Waals surface area contributed by atoms with E-state index in [-0.39, 0.29) is 12.4 Å². The maximum atomic E-state index is 11.9. The molecule has 17 heavy (non-hydrogen) atoms. The Morgan fingerprint density at radius 3 is 2.59 bits per heavy atom. The summed E-state index contributed by atoms with van der Waals surface area (Å²) in [5.74, 6) is 0.654. The van der Waals surface area contributed by atoms with Gasteiger partial charge in [-0.3, -0.25) is 4.79 Å². The zero-order chi connectivity index (χ0) is 11.4. The fourth-order valence-electron chi connectivity index (χ4n) is 3.05. The van der Waals surface area contributed by atoms with Gasteiger partial charge in [0, 0.05) is 19.0 Å². The van der Waals surface area contributed by atoms with Gasteiger partial charge < -0.3 is 10.6 Å². The molecule has 4 heteroatoms. The van der Waals surface area contributed by atoms with E-state index in [1.807, 2.05) is 0 Å². The van der Waals surface area contributed by atoms with Gasteiger partial charge in [0.25, 0.3) is 0 Å². The highest BCUT2D eigenvalue weighted by Crippen LogP contribution is 2.62. The molecule has 0 radical (unpaired) electrons. The van der Waals surface area contributed by atoms with Crippen molar-refractivity contribution in [2.24, 2.45) is 11.3 Å². The largest absolute Gasteiger partial charge is 0.355 e. The van der Waals surface area contributed by atoms with Crippen molar-refractivity contribution < 1.29 is 4.79 Å². The van der Waals surface area contributed by atoms with Crippen LogP contribution in [0.25, 0.3) is 0 Å². The highest BCUT2D eigenvalue weighted by Gasteiger charge is 2.58. The van der Waals surface area contributed by atoms with Crippen LogP contribution in [-0.4, -0.2) is 25.5 Å². The van der Waals surface area contributed by atoms with E-state index in [4.69, 9.17) is 0 Å². The lowest BCUT2D eigenvalue weighted by Crippen LogP contribution is -2.33. The summed E-state index contributed by atoms with van der Waals surface area (Å²) in [6.45, 7) is 4.88. The molecule has 1 atom stereocenters. The van der Waals surface area contributed by atoms with Gasteiger partial charge in [0.2, 0.25) is 5.91 Å². The number of rotatable bonds is 6. The maximum Gasteiger partial charge on any atom is 0.223 e. The minimum absolute atomic E-state index is 0. The fourth-order valence-corrected chi connectivity index (χ4v) is 3.05. The van der Waals surface area contributed by atoms with E-state index < -0.39 is 0 Å². The molecule has 0 aliphatic heterocycles. The molecule has 2 aliphatic carbocycles. The van der Waals surface area contributed by atoms with Gasteiger partial charge in [-0.1, -0.05) is 19.8 Å². The summed E-state index contributed by atoms with van der Waals surface area (Å²) in [7, 11) is 0. The Balaban J connectivity index is 0.00000144. The maximum absolute atomic E-state index is 11.9. The van der Waals surface area contributed by atoms with Crippen LogP contribution in [-0.2, 0) is 4.79 Å². The van der Waals surface area contributed by atoms with Crippen LogP contribution in [0.2, 0.25) is 0 Å². The first-order valence-corrected chi connectivity index (χ1v) is 6.77. The summed E-state index contributed by atoms with van der Waals surface area (Å²) >= 11 is 0. The molecule has 2 saturated carbocycles. The first-order chi connectivity index (χ1) is 7.78. The molecule has 0 aromatic carbocycles. The van der Waals surface area contributed by atoms with Gasteiger partial charge >= 0.3 is 0 Å². The molecule has 2 fully saturated rings. The van der Waals surface area contributed by atoms with Crippen molar-refractivity contribution in [3.05, 3.63) is 0 Å². The van der Waals surface area contributed by atoms with E-state index in [2.05, 4.69) is 17.6 Å². The molecular formula is C13H25ClN2O. The summed E-state index contributed by atoms with van der Waals surface area (Å²) in [5.41, 5.74) is 0.445. The number of carbonyl (C=O) groups is 1. The fraction of sp³-hybridized carbons (Fsp3) is 0.923. The van der Waals surface area contributed by atoms with Crippen molar-refractivity contribution in [1.82, 2.24) is 10.6 Å². The minimum atomic E-state index is 0. The second-order valence-corrected chi connectivity index (χ2v) is 5.37. The Bertz CT molecular complexity index is 252. The topological polar surface area (TPSA) is 41.1 Å². The molecule has 3 nitrogen and oxygen atoms in total. The van der Waals surface area contributed by atoms with Crippen molar-refractivity contribution in [3.63, 3.8) is 0 Å². The van der Waals surface area contributed by atoms with Gasteiger partial charge in [0.05, 0.1) is 0 Å². The molecule has 0 heterocycles. The third kappa shape index (κ3) is 3.59. The van der Waals surface area contributed by atoms with E-state index >= 15 is 0 Å². The molecule has 0 bridgehead atoms. The lowest BCUT2D eigenvalue weighted by molar-refractivity contribution is -0.123. The number of hydrogen-bond donors (Lipinski definition) is 2. The third-order valence-corrected chi connectivity index (χ3v) is 4.13.